The Morgan fingerprint density at radius 1 is 1.38 bits per heavy atom. The van der Waals surface area contributed by atoms with Crippen LogP contribution in [0.4, 0.5) is 0 Å². The first kappa shape index (κ1) is 8.55. The van der Waals surface area contributed by atoms with Crippen molar-refractivity contribution in [2.45, 2.75) is 26.2 Å². The van der Waals surface area contributed by atoms with E-state index in [2.05, 4.69) is 50.8 Å². The molecule has 0 heteroatoms. The van der Waals surface area contributed by atoms with Crippen molar-refractivity contribution in [1.82, 2.24) is 0 Å². The SMILES string of the molecule is C=C(C)C1(C)CC1c1ccccc1. The van der Waals surface area contributed by atoms with E-state index in [-0.39, 0.29) is 0 Å². The van der Waals surface area contributed by atoms with Gasteiger partial charge in [-0.05, 0) is 30.2 Å². The zero-order valence-electron chi connectivity index (χ0n) is 8.38. The van der Waals surface area contributed by atoms with Crippen LogP contribution in [-0.4, -0.2) is 0 Å². The standard InChI is InChI=1S/C13H16/c1-10(2)13(3)9-12(13)11-7-5-4-6-8-11/h4-8,12H,1,9H2,2-3H3. The van der Waals surface area contributed by atoms with Gasteiger partial charge in [-0.15, -0.1) is 0 Å². The minimum Gasteiger partial charge on any atom is -0.0996 e. The fourth-order valence-electron chi connectivity index (χ4n) is 2.01. The van der Waals surface area contributed by atoms with Gasteiger partial charge in [0.1, 0.15) is 0 Å². The topological polar surface area (TPSA) is 0 Å². The zero-order chi connectivity index (χ0) is 9.47. The summed E-state index contributed by atoms with van der Waals surface area (Å²) in [6, 6.07) is 10.8. The molecule has 0 radical (unpaired) electrons. The first-order valence-corrected chi connectivity index (χ1v) is 4.85. The molecule has 0 aliphatic heterocycles. The first-order chi connectivity index (χ1) is 6.14. The fourth-order valence-corrected chi connectivity index (χ4v) is 2.01. The Balaban J connectivity index is 2.21. The van der Waals surface area contributed by atoms with Gasteiger partial charge < -0.3 is 0 Å². The van der Waals surface area contributed by atoms with Gasteiger partial charge in [-0.25, -0.2) is 0 Å². The van der Waals surface area contributed by atoms with Crippen molar-refractivity contribution >= 4 is 0 Å². The van der Waals surface area contributed by atoms with Crippen molar-refractivity contribution in [3.05, 3.63) is 48.0 Å². The summed E-state index contributed by atoms with van der Waals surface area (Å²) in [5, 5.41) is 0. The Hall–Kier alpha value is -1.04. The van der Waals surface area contributed by atoms with Crippen LogP contribution in [0.25, 0.3) is 0 Å². The average molecular weight is 172 g/mol. The monoisotopic (exact) mass is 172 g/mol. The highest BCUT2D eigenvalue weighted by molar-refractivity contribution is 5.35. The number of hydrogen-bond donors (Lipinski definition) is 0. The molecule has 0 saturated heterocycles. The molecule has 1 aliphatic rings. The molecule has 1 aliphatic carbocycles. The van der Waals surface area contributed by atoms with E-state index >= 15 is 0 Å². The molecule has 0 amide bonds. The van der Waals surface area contributed by atoms with Crippen LogP contribution < -0.4 is 0 Å². The molecule has 0 bridgehead atoms. The molecule has 68 valence electrons. The average Bonchev–Trinajstić information content (AvgIpc) is 2.81. The van der Waals surface area contributed by atoms with Crippen LogP contribution in [-0.2, 0) is 0 Å². The summed E-state index contributed by atoms with van der Waals surface area (Å²) in [5.74, 6) is 0.714. The van der Waals surface area contributed by atoms with Crippen molar-refractivity contribution in [1.29, 1.82) is 0 Å². The highest BCUT2D eigenvalue weighted by Crippen LogP contribution is 2.62. The fraction of sp³-hybridized carbons (Fsp3) is 0.385. The van der Waals surface area contributed by atoms with Gasteiger partial charge in [0.25, 0.3) is 0 Å². The highest BCUT2D eigenvalue weighted by atomic mass is 14.5. The van der Waals surface area contributed by atoms with E-state index in [1.54, 1.807) is 0 Å². The van der Waals surface area contributed by atoms with Gasteiger partial charge in [-0.3, -0.25) is 0 Å². The Morgan fingerprint density at radius 3 is 2.46 bits per heavy atom. The summed E-state index contributed by atoms with van der Waals surface area (Å²) < 4.78 is 0. The second kappa shape index (κ2) is 2.73. The second-order valence-electron chi connectivity index (χ2n) is 4.37. The van der Waals surface area contributed by atoms with Crippen molar-refractivity contribution < 1.29 is 0 Å². The number of benzene rings is 1. The molecule has 1 aromatic rings. The van der Waals surface area contributed by atoms with Gasteiger partial charge in [0.15, 0.2) is 0 Å². The Bertz CT molecular complexity index is 323. The summed E-state index contributed by atoms with van der Waals surface area (Å²) in [7, 11) is 0. The normalized spacial score (nSPS) is 31.4. The Kier molecular flexibility index (Phi) is 1.80. The third kappa shape index (κ3) is 1.31. The lowest BCUT2D eigenvalue weighted by molar-refractivity contribution is 0.660. The van der Waals surface area contributed by atoms with Crippen LogP contribution in [0.2, 0.25) is 0 Å². The number of allylic oxidation sites excluding steroid dienone is 1. The van der Waals surface area contributed by atoms with Crippen molar-refractivity contribution in [3.63, 3.8) is 0 Å². The minimum absolute atomic E-state index is 0.376. The van der Waals surface area contributed by atoms with Gasteiger partial charge in [0.05, 0.1) is 0 Å². The predicted molar refractivity (Wildman–Crippen MR) is 56.7 cm³/mol. The van der Waals surface area contributed by atoms with Gasteiger partial charge in [0.2, 0.25) is 0 Å². The maximum absolute atomic E-state index is 4.06. The van der Waals surface area contributed by atoms with Crippen molar-refractivity contribution in [3.8, 4) is 0 Å². The van der Waals surface area contributed by atoms with E-state index in [0.29, 0.717) is 11.3 Å². The summed E-state index contributed by atoms with van der Waals surface area (Å²) >= 11 is 0. The Labute approximate surface area is 80.3 Å². The molecule has 0 spiro atoms. The van der Waals surface area contributed by atoms with E-state index in [1.165, 1.54) is 17.6 Å². The minimum atomic E-state index is 0.376. The van der Waals surface area contributed by atoms with Gasteiger partial charge in [0, 0.05) is 0 Å². The first-order valence-electron chi connectivity index (χ1n) is 4.85. The largest absolute Gasteiger partial charge is 0.0996 e. The van der Waals surface area contributed by atoms with Gasteiger partial charge in [-0.2, -0.15) is 0 Å². The lowest BCUT2D eigenvalue weighted by Crippen LogP contribution is -1.97. The van der Waals surface area contributed by atoms with Gasteiger partial charge >= 0.3 is 0 Å². The molecule has 2 atom stereocenters. The van der Waals surface area contributed by atoms with E-state index < -0.39 is 0 Å². The quantitative estimate of drug-likeness (QED) is 0.596. The number of hydrogen-bond acceptors (Lipinski definition) is 0. The zero-order valence-corrected chi connectivity index (χ0v) is 8.38. The third-order valence-corrected chi connectivity index (χ3v) is 3.41. The van der Waals surface area contributed by atoms with Crippen LogP contribution in [0.15, 0.2) is 42.5 Å². The molecule has 2 unspecified atom stereocenters. The summed E-state index contributed by atoms with van der Waals surface area (Å²) in [6.07, 6.45) is 1.27. The Morgan fingerprint density at radius 2 is 2.00 bits per heavy atom. The molecular weight excluding hydrogens is 156 g/mol. The summed E-state index contributed by atoms with van der Waals surface area (Å²) in [4.78, 5) is 0. The molecule has 13 heavy (non-hydrogen) atoms. The van der Waals surface area contributed by atoms with Crippen LogP contribution in [0.1, 0.15) is 31.7 Å². The maximum atomic E-state index is 4.06. The van der Waals surface area contributed by atoms with Crippen LogP contribution in [0, 0.1) is 5.41 Å². The van der Waals surface area contributed by atoms with Crippen LogP contribution in [0.5, 0.6) is 0 Å². The number of rotatable bonds is 2. The second-order valence-corrected chi connectivity index (χ2v) is 4.37. The van der Waals surface area contributed by atoms with Crippen molar-refractivity contribution in [2.75, 3.05) is 0 Å². The summed E-state index contributed by atoms with van der Waals surface area (Å²) in [5.41, 5.74) is 3.16. The predicted octanol–water partition coefficient (Wildman–Crippen LogP) is 3.76. The van der Waals surface area contributed by atoms with E-state index in [9.17, 15) is 0 Å². The summed E-state index contributed by atoms with van der Waals surface area (Å²) in [6.45, 7) is 8.52. The maximum Gasteiger partial charge on any atom is -0.00468 e. The molecule has 2 rings (SSSR count). The lowest BCUT2D eigenvalue weighted by Gasteiger charge is -2.10. The highest BCUT2D eigenvalue weighted by Gasteiger charge is 2.50. The smallest absolute Gasteiger partial charge is 0.00468 e. The lowest BCUT2D eigenvalue weighted by atomic mass is 9.95. The molecule has 1 fully saturated rings. The van der Waals surface area contributed by atoms with E-state index in [0.717, 1.165) is 0 Å². The molecule has 1 aromatic carbocycles. The molecule has 0 aromatic heterocycles. The molecule has 0 N–H and O–H groups in total. The van der Waals surface area contributed by atoms with Crippen molar-refractivity contribution in [2.24, 2.45) is 5.41 Å². The molecular formula is C13H16. The van der Waals surface area contributed by atoms with Crippen LogP contribution >= 0.6 is 0 Å². The molecule has 1 saturated carbocycles. The van der Waals surface area contributed by atoms with Crippen LogP contribution in [0.3, 0.4) is 0 Å². The molecule has 0 heterocycles. The van der Waals surface area contributed by atoms with Gasteiger partial charge in [-0.1, -0.05) is 49.4 Å². The third-order valence-electron chi connectivity index (χ3n) is 3.41. The van der Waals surface area contributed by atoms with E-state index in [4.69, 9.17) is 0 Å². The van der Waals surface area contributed by atoms with E-state index in [1.807, 2.05) is 0 Å². The molecule has 0 nitrogen and oxygen atoms in total.